The van der Waals surface area contributed by atoms with E-state index in [1.165, 1.54) is 19.2 Å². The van der Waals surface area contributed by atoms with E-state index in [-0.39, 0.29) is 32.1 Å². The Bertz CT molecular complexity index is 823. The summed E-state index contributed by atoms with van der Waals surface area (Å²) < 4.78 is 46.5. The third-order valence-electron chi connectivity index (χ3n) is 3.56. The highest BCUT2D eigenvalue weighted by Gasteiger charge is 2.38. The van der Waals surface area contributed by atoms with Gasteiger partial charge in [-0.3, -0.25) is 19.7 Å². The number of rotatable bonds is 9. The topological polar surface area (TPSA) is 107 Å². The van der Waals surface area contributed by atoms with Crippen LogP contribution in [0.15, 0.2) is 28.8 Å². The third-order valence-corrected chi connectivity index (χ3v) is 3.56. The number of carbonyl (C=O) groups is 2. The second kappa shape index (κ2) is 9.98. The summed E-state index contributed by atoms with van der Waals surface area (Å²) >= 11 is 0. The zero-order valence-electron chi connectivity index (χ0n) is 15.7. The Hall–Kier alpha value is -2.99. The number of hydrogen-bond acceptors (Lipinski definition) is 8. The van der Waals surface area contributed by atoms with Crippen LogP contribution in [-0.2, 0) is 31.9 Å². The first kappa shape index (κ1) is 22.3. The highest BCUT2D eigenvalue weighted by Crippen LogP contribution is 2.29. The summed E-state index contributed by atoms with van der Waals surface area (Å²) in [6, 6.07) is 6.17. The van der Waals surface area contributed by atoms with Crippen LogP contribution in [0.1, 0.15) is 18.4 Å². The Kier molecular flexibility index (Phi) is 7.67. The van der Waals surface area contributed by atoms with Crippen LogP contribution in [0.4, 0.5) is 13.2 Å². The van der Waals surface area contributed by atoms with Crippen molar-refractivity contribution in [1.82, 2.24) is 20.5 Å². The molecule has 1 amide bonds. The maximum absolute atomic E-state index is 12.5. The van der Waals surface area contributed by atoms with Crippen molar-refractivity contribution in [1.29, 1.82) is 0 Å². The Balaban J connectivity index is 1.94. The predicted molar refractivity (Wildman–Crippen MR) is 91.8 cm³/mol. The number of amides is 1. The van der Waals surface area contributed by atoms with Gasteiger partial charge in [-0.1, -0.05) is 29.4 Å². The Labute approximate surface area is 163 Å². The van der Waals surface area contributed by atoms with Crippen LogP contribution in [0.3, 0.4) is 0 Å². The van der Waals surface area contributed by atoms with Gasteiger partial charge in [0, 0.05) is 5.56 Å². The average molecular weight is 416 g/mol. The van der Waals surface area contributed by atoms with Crippen molar-refractivity contribution in [3.8, 4) is 11.4 Å². The normalized spacial score (nSPS) is 11.3. The van der Waals surface area contributed by atoms with Crippen LogP contribution >= 0.6 is 0 Å². The quantitative estimate of drug-likeness (QED) is 0.487. The molecule has 1 N–H and O–H groups in total. The fourth-order valence-corrected chi connectivity index (χ4v) is 2.21. The molecule has 2 aromatic rings. The van der Waals surface area contributed by atoms with Gasteiger partial charge in [0.05, 0.1) is 33.4 Å². The molecular weight excluding hydrogens is 397 g/mol. The van der Waals surface area contributed by atoms with E-state index in [1.54, 1.807) is 19.1 Å². The first-order chi connectivity index (χ1) is 13.7. The van der Waals surface area contributed by atoms with Crippen molar-refractivity contribution < 1.29 is 36.9 Å². The van der Waals surface area contributed by atoms with Crippen molar-refractivity contribution >= 4 is 11.9 Å². The number of aromatic nitrogens is 2. The van der Waals surface area contributed by atoms with Gasteiger partial charge in [-0.05, 0) is 12.5 Å². The minimum atomic E-state index is -4.72. The largest absolute Gasteiger partial charge is 0.471 e. The highest BCUT2D eigenvalue weighted by atomic mass is 19.4. The fraction of sp³-hybridized carbons (Fsp3) is 0.412. The maximum atomic E-state index is 12.5. The van der Waals surface area contributed by atoms with Crippen LogP contribution in [-0.4, -0.2) is 53.9 Å². The van der Waals surface area contributed by atoms with Gasteiger partial charge in [0.25, 0.3) is 5.91 Å². The van der Waals surface area contributed by atoms with E-state index >= 15 is 0 Å². The van der Waals surface area contributed by atoms with E-state index < -0.39 is 23.9 Å². The number of alkyl halides is 3. The van der Waals surface area contributed by atoms with Crippen LogP contribution in [0.25, 0.3) is 11.4 Å². The molecule has 0 unspecified atom stereocenters. The molecule has 0 radical (unpaired) electrons. The van der Waals surface area contributed by atoms with Gasteiger partial charge in [0.1, 0.15) is 0 Å². The zero-order chi connectivity index (χ0) is 21.4. The molecule has 0 aliphatic carbocycles. The molecule has 0 saturated carbocycles. The molecule has 1 aromatic heterocycles. The molecule has 0 bridgehead atoms. The van der Waals surface area contributed by atoms with Gasteiger partial charge in [-0.2, -0.15) is 18.2 Å². The summed E-state index contributed by atoms with van der Waals surface area (Å²) in [5, 5.41) is 7.03. The SMILES string of the molecule is CCOC(=O)CNCC(=O)N(Cc1ccc(-c2noc(C(F)(F)F)n2)cc1)OC. The van der Waals surface area contributed by atoms with Crippen molar-refractivity contribution in [3.63, 3.8) is 0 Å². The molecule has 0 aliphatic heterocycles. The summed E-state index contributed by atoms with van der Waals surface area (Å²) in [6.07, 6.45) is -4.72. The number of carbonyl (C=O) groups excluding carboxylic acids is 2. The lowest BCUT2D eigenvalue weighted by Gasteiger charge is -2.20. The molecule has 9 nitrogen and oxygen atoms in total. The second-order valence-electron chi connectivity index (χ2n) is 5.64. The third kappa shape index (κ3) is 6.54. The number of benzene rings is 1. The monoisotopic (exact) mass is 416 g/mol. The molecule has 2 rings (SSSR count). The number of halogens is 3. The minimum absolute atomic E-state index is 0.0801. The molecule has 1 heterocycles. The van der Waals surface area contributed by atoms with E-state index in [0.717, 1.165) is 5.06 Å². The van der Waals surface area contributed by atoms with Crippen molar-refractivity contribution in [2.75, 3.05) is 26.8 Å². The van der Waals surface area contributed by atoms with Gasteiger partial charge in [-0.15, -0.1) is 0 Å². The lowest BCUT2D eigenvalue weighted by Crippen LogP contribution is -2.39. The van der Waals surface area contributed by atoms with Gasteiger partial charge >= 0.3 is 18.0 Å². The first-order valence-corrected chi connectivity index (χ1v) is 8.45. The van der Waals surface area contributed by atoms with Crippen LogP contribution in [0, 0.1) is 0 Å². The summed E-state index contributed by atoms with van der Waals surface area (Å²) in [5.41, 5.74) is 0.966. The van der Waals surface area contributed by atoms with E-state index in [2.05, 4.69) is 20.0 Å². The number of nitrogens with one attached hydrogen (secondary N) is 1. The molecule has 0 spiro atoms. The standard InChI is InChI=1S/C17H19F3N4O5/c1-3-28-14(26)9-21-8-13(25)24(27-2)10-11-4-6-12(7-5-11)15-22-16(29-23-15)17(18,19)20/h4-7,21H,3,8-10H2,1-2H3. The number of esters is 1. The number of nitrogens with zero attached hydrogens (tertiary/aromatic N) is 3. The molecule has 0 atom stereocenters. The number of ether oxygens (including phenoxy) is 1. The van der Waals surface area contributed by atoms with Gasteiger partial charge in [0.2, 0.25) is 5.82 Å². The van der Waals surface area contributed by atoms with Crippen molar-refractivity contribution in [2.45, 2.75) is 19.6 Å². The molecule has 158 valence electrons. The van der Waals surface area contributed by atoms with Crippen LogP contribution in [0.2, 0.25) is 0 Å². The first-order valence-electron chi connectivity index (χ1n) is 8.45. The summed E-state index contributed by atoms with van der Waals surface area (Å²) in [5.74, 6) is -2.53. The summed E-state index contributed by atoms with van der Waals surface area (Å²) in [7, 11) is 1.32. The molecule has 0 fully saturated rings. The molecular formula is C17H19F3N4O5. The van der Waals surface area contributed by atoms with Gasteiger partial charge < -0.3 is 9.26 Å². The molecule has 1 aromatic carbocycles. The van der Waals surface area contributed by atoms with E-state index in [0.29, 0.717) is 11.1 Å². The Morgan fingerprint density at radius 2 is 1.90 bits per heavy atom. The molecule has 0 saturated heterocycles. The molecule has 29 heavy (non-hydrogen) atoms. The fourth-order valence-electron chi connectivity index (χ4n) is 2.21. The van der Waals surface area contributed by atoms with E-state index in [4.69, 9.17) is 9.57 Å². The highest BCUT2D eigenvalue weighted by molar-refractivity contribution is 5.78. The molecule has 12 heteroatoms. The lowest BCUT2D eigenvalue weighted by molar-refractivity contribution is -0.178. The average Bonchev–Trinajstić information content (AvgIpc) is 3.17. The van der Waals surface area contributed by atoms with Gasteiger partial charge in [-0.25, -0.2) is 5.06 Å². The zero-order valence-corrected chi connectivity index (χ0v) is 15.7. The Morgan fingerprint density at radius 3 is 2.45 bits per heavy atom. The predicted octanol–water partition coefficient (Wildman–Crippen LogP) is 1.80. The van der Waals surface area contributed by atoms with Crippen molar-refractivity contribution in [2.24, 2.45) is 0 Å². The van der Waals surface area contributed by atoms with Crippen LogP contribution in [0.5, 0.6) is 0 Å². The smallest absolute Gasteiger partial charge is 0.465 e. The maximum Gasteiger partial charge on any atom is 0.471 e. The summed E-state index contributed by atoms with van der Waals surface area (Å²) in [4.78, 5) is 31.7. The number of hydroxylamine groups is 2. The molecule has 0 aliphatic rings. The van der Waals surface area contributed by atoms with E-state index in [1.807, 2.05) is 0 Å². The van der Waals surface area contributed by atoms with Gasteiger partial charge in [0.15, 0.2) is 0 Å². The Morgan fingerprint density at radius 1 is 1.21 bits per heavy atom. The van der Waals surface area contributed by atoms with Crippen molar-refractivity contribution in [3.05, 3.63) is 35.7 Å². The number of hydrogen-bond donors (Lipinski definition) is 1. The second-order valence-corrected chi connectivity index (χ2v) is 5.64. The minimum Gasteiger partial charge on any atom is -0.465 e. The van der Waals surface area contributed by atoms with Crippen LogP contribution < -0.4 is 5.32 Å². The lowest BCUT2D eigenvalue weighted by atomic mass is 10.1. The van der Waals surface area contributed by atoms with E-state index in [9.17, 15) is 22.8 Å². The summed E-state index contributed by atoms with van der Waals surface area (Å²) in [6.45, 7) is 1.74.